The van der Waals surface area contributed by atoms with Gasteiger partial charge >= 0.3 is 0 Å². The van der Waals surface area contributed by atoms with Crippen molar-refractivity contribution in [1.29, 1.82) is 0 Å². The molecule has 1 aromatic rings. The zero-order valence-corrected chi connectivity index (χ0v) is 12.2. The van der Waals surface area contributed by atoms with Crippen molar-refractivity contribution in [1.82, 2.24) is 4.72 Å². The minimum Gasteiger partial charge on any atom is -0.385 e. The first kappa shape index (κ1) is 14.3. The molecule has 1 aromatic carbocycles. The van der Waals surface area contributed by atoms with Gasteiger partial charge in [-0.1, -0.05) is 19.8 Å². The predicted octanol–water partition coefficient (Wildman–Crippen LogP) is 2.73. The van der Waals surface area contributed by atoms with Crippen LogP contribution in [0.15, 0.2) is 29.2 Å². The standard InChI is InChI=1S/C14H22N2O2S/c1-2-11-15-12-7-9-14(10-8-12)19(17,18)16-13-5-3-4-6-13/h7-10,13,15-16H,2-6,11H2,1H3. The van der Waals surface area contributed by atoms with Gasteiger partial charge in [0.25, 0.3) is 0 Å². The van der Waals surface area contributed by atoms with E-state index in [1.807, 2.05) is 12.1 Å². The largest absolute Gasteiger partial charge is 0.385 e. The molecule has 4 nitrogen and oxygen atoms in total. The van der Waals surface area contributed by atoms with Crippen LogP contribution in [0.2, 0.25) is 0 Å². The Hall–Kier alpha value is -1.07. The molecule has 2 N–H and O–H groups in total. The Bertz CT molecular complexity index is 491. The topological polar surface area (TPSA) is 58.2 Å². The quantitative estimate of drug-likeness (QED) is 0.843. The predicted molar refractivity (Wildman–Crippen MR) is 77.8 cm³/mol. The third-order valence-electron chi connectivity index (χ3n) is 3.42. The Morgan fingerprint density at radius 3 is 2.37 bits per heavy atom. The fraction of sp³-hybridized carbons (Fsp3) is 0.571. The highest BCUT2D eigenvalue weighted by Gasteiger charge is 2.22. The van der Waals surface area contributed by atoms with E-state index >= 15 is 0 Å². The van der Waals surface area contributed by atoms with E-state index in [4.69, 9.17) is 0 Å². The summed E-state index contributed by atoms with van der Waals surface area (Å²) in [5, 5.41) is 3.23. The fourth-order valence-electron chi connectivity index (χ4n) is 2.35. The molecule has 0 heterocycles. The van der Waals surface area contributed by atoms with Gasteiger partial charge in [-0.2, -0.15) is 0 Å². The molecule has 0 amide bonds. The van der Waals surface area contributed by atoms with Crippen LogP contribution in [0.1, 0.15) is 39.0 Å². The third-order valence-corrected chi connectivity index (χ3v) is 4.96. The lowest BCUT2D eigenvalue weighted by atomic mass is 10.3. The van der Waals surface area contributed by atoms with Gasteiger partial charge < -0.3 is 5.32 Å². The molecule has 0 saturated heterocycles. The maximum absolute atomic E-state index is 12.2. The molecule has 1 aliphatic rings. The van der Waals surface area contributed by atoms with Crippen LogP contribution in [-0.2, 0) is 10.0 Å². The van der Waals surface area contributed by atoms with Crippen LogP contribution >= 0.6 is 0 Å². The maximum Gasteiger partial charge on any atom is 0.240 e. The molecule has 1 fully saturated rings. The van der Waals surface area contributed by atoms with Crippen molar-refractivity contribution in [3.63, 3.8) is 0 Å². The van der Waals surface area contributed by atoms with E-state index in [1.165, 1.54) is 0 Å². The number of hydrogen-bond donors (Lipinski definition) is 2. The lowest BCUT2D eigenvalue weighted by Crippen LogP contribution is -2.32. The number of hydrogen-bond acceptors (Lipinski definition) is 3. The normalized spacial score (nSPS) is 16.7. The fourth-order valence-corrected chi connectivity index (χ4v) is 3.66. The van der Waals surface area contributed by atoms with Crippen molar-refractivity contribution in [2.45, 2.75) is 50.0 Å². The Morgan fingerprint density at radius 1 is 1.16 bits per heavy atom. The summed E-state index contributed by atoms with van der Waals surface area (Å²) in [5.74, 6) is 0. The molecule has 19 heavy (non-hydrogen) atoms. The highest BCUT2D eigenvalue weighted by atomic mass is 32.2. The third kappa shape index (κ3) is 3.94. The van der Waals surface area contributed by atoms with E-state index in [-0.39, 0.29) is 6.04 Å². The average Bonchev–Trinajstić information content (AvgIpc) is 2.89. The van der Waals surface area contributed by atoms with E-state index in [9.17, 15) is 8.42 Å². The summed E-state index contributed by atoms with van der Waals surface area (Å²) in [6, 6.07) is 7.07. The Balaban J connectivity index is 2.03. The lowest BCUT2D eigenvalue weighted by Gasteiger charge is -2.13. The summed E-state index contributed by atoms with van der Waals surface area (Å²) in [4.78, 5) is 0.349. The number of nitrogens with one attached hydrogen (secondary N) is 2. The summed E-state index contributed by atoms with van der Waals surface area (Å²) in [7, 11) is -3.36. The molecular formula is C14H22N2O2S. The molecule has 0 aliphatic heterocycles. The number of benzene rings is 1. The Labute approximate surface area is 115 Å². The molecular weight excluding hydrogens is 260 g/mol. The summed E-state index contributed by atoms with van der Waals surface area (Å²) in [5.41, 5.74) is 0.960. The monoisotopic (exact) mass is 282 g/mol. The van der Waals surface area contributed by atoms with Gasteiger partial charge in [0.15, 0.2) is 0 Å². The van der Waals surface area contributed by atoms with Crippen molar-refractivity contribution in [2.24, 2.45) is 0 Å². The Kier molecular flexibility index (Phi) is 4.82. The number of anilines is 1. The first-order valence-corrected chi connectivity index (χ1v) is 8.46. The molecule has 0 aromatic heterocycles. The van der Waals surface area contributed by atoms with E-state index in [2.05, 4.69) is 17.0 Å². The van der Waals surface area contributed by atoms with Crippen LogP contribution in [0.5, 0.6) is 0 Å². The minimum absolute atomic E-state index is 0.114. The summed E-state index contributed by atoms with van der Waals surface area (Å²) < 4.78 is 27.1. The highest BCUT2D eigenvalue weighted by Crippen LogP contribution is 2.21. The average molecular weight is 282 g/mol. The van der Waals surface area contributed by atoms with Crippen molar-refractivity contribution >= 4 is 15.7 Å². The molecule has 1 saturated carbocycles. The SMILES string of the molecule is CCCNc1ccc(S(=O)(=O)NC2CCCC2)cc1. The maximum atomic E-state index is 12.2. The zero-order valence-electron chi connectivity index (χ0n) is 11.4. The van der Waals surface area contributed by atoms with Crippen molar-refractivity contribution < 1.29 is 8.42 Å². The van der Waals surface area contributed by atoms with Crippen LogP contribution in [0, 0.1) is 0 Å². The van der Waals surface area contributed by atoms with Gasteiger partial charge in [0.05, 0.1) is 4.90 Å². The van der Waals surface area contributed by atoms with E-state index in [0.717, 1.165) is 44.3 Å². The van der Waals surface area contributed by atoms with Crippen LogP contribution in [-0.4, -0.2) is 21.0 Å². The lowest BCUT2D eigenvalue weighted by molar-refractivity contribution is 0.552. The zero-order chi connectivity index (χ0) is 13.7. The van der Waals surface area contributed by atoms with E-state index in [0.29, 0.717) is 4.90 Å². The van der Waals surface area contributed by atoms with Crippen LogP contribution in [0.4, 0.5) is 5.69 Å². The second-order valence-electron chi connectivity index (χ2n) is 5.05. The first-order valence-electron chi connectivity index (χ1n) is 6.98. The van der Waals surface area contributed by atoms with Gasteiger partial charge in [-0.15, -0.1) is 0 Å². The number of rotatable bonds is 6. The van der Waals surface area contributed by atoms with Gasteiger partial charge in [-0.3, -0.25) is 0 Å². The van der Waals surface area contributed by atoms with Crippen LogP contribution < -0.4 is 10.0 Å². The van der Waals surface area contributed by atoms with E-state index in [1.54, 1.807) is 12.1 Å². The molecule has 106 valence electrons. The molecule has 0 unspecified atom stereocenters. The van der Waals surface area contributed by atoms with Gasteiger partial charge in [0.1, 0.15) is 0 Å². The Morgan fingerprint density at radius 2 is 1.79 bits per heavy atom. The molecule has 0 atom stereocenters. The number of sulfonamides is 1. The first-order chi connectivity index (χ1) is 9.12. The van der Waals surface area contributed by atoms with Crippen LogP contribution in [0.3, 0.4) is 0 Å². The molecule has 0 radical (unpaired) electrons. The van der Waals surface area contributed by atoms with Crippen molar-refractivity contribution in [3.05, 3.63) is 24.3 Å². The molecule has 1 aliphatic carbocycles. The summed E-state index contributed by atoms with van der Waals surface area (Å²) in [6.45, 7) is 2.99. The van der Waals surface area contributed by atoms with Gasteiger partial charge in [-0.05, 0) is 43.5 Å². The van der Waals surface area contributed by atoms with Crippen molar-refractivity contribution in [3.8, 4) is 0 Å². The van der Waals surface area contributed by atoms with Gasteiger partial charge in [0.2, 0.25) is 10.0 Å². The van der Waals surface area contributed by atoms with Gasteiger partial charge in [-0.25, -0.2) is 13.1 Å². The minimum atomic E-state index is -3.36. The summed E-state index contributed by atoms with van der Waals surface area (Å²) in [6.07, 6.45) is 5.19. The van der Waals surface area contributed by atoms with Crippen molar-refractivity contribution in [2.75, 3.05) is 11.9 Å². The molecule has 0 bridgehead atoms. The summed E-state index contributed by atoms with van der Waals surface area (Å²) >= 11 is 0. The molecule has 2 rings (SSSR count). The second kappa shape index (κ2) is 6.39. The second-order valence-corrected chi connectivity index (χ2v) is 6.77. The highest BCUT2D eigenvalue weighted by molar-refractivity contribution is 7.89. The van der Waals surface area contributed by atoms with Crippen LogP contribution in [0.25, 0.3) is 0 Å². The van der Waals surface area contributed by atoms with Gasteiger partial charge in [0, 0.05) is 18.3 Å². The van der Waals surface area contributed by atoms with E-state index < -0.39 is 10.0 Å². The molecule has 0 spiro atoms. The molecule has 5 heteroatoms. The smallest absolute Gasteiger partial charge is 0.240 e.